The standard InChI is InChI=1S/C13H16ClNO/c1-3-4-9-11(7-15)16-13-10(14)6-5-8(2)12(9)13/h5-6H,3-4,7,15H2,1-2H3. The lowest BCUT2D eigenvalue weighted by atomic mass is 10.0. The van der Waals surface area contributed by atoms with Gasteiger partial charge in [-0.2, -0.15) is 0 Å². The topological polar surface area (TPSA) is 39.2 Å². The van der Waals surface area contributed by atoms with Gasteiger partial charge in [0.05, 0.1) is 11.6 Å². The van der Waals surface area contributed by atoms with Crippen LogP contribution in [0, 0.1) is 6.92 Å². The third kappa shape index (κ3) is 1.72. The molecule has 0 bridgehead atoms. The molecule has 0 spiro atoms. The quantitative estimate of drug-likeness (QED) is 0.882. The molecule has 0 fully saturated rings. The van der Waals surface area contributed by atoms with Crippen molar-refractivity contribution in [3.8, 4) is 0 Å². The number of rotatable bonds is 3. The van der Waals surface area contributed by atoms with E-state index >= 15 is 0 Å². The third-order valence-corrected chi connectivity index (χ3v) is 3.16. The fourth-order valence-corrected chi connectivity index (χ4v) is 2.33. The first kappa shape index (κ1) is 11.5. The van der Waals surface area contributed by atoms with Crippen LogP contribution in [0.5, 0.6) is 0 Å². The van der Waals surface area contributed by atoms with Gasteiger partial charge in [-0.3, -0.25) is 0 Å². The zero-order valence-corrected chi connectivity index (χ0v) is 10.4. The van der Waals surface area contributed by atoms with E-state index in [-0.39, 0.29) is 0 Å². The molecule has 0 aliphatic rings. The molecular formula is C13H16ClNO. The van der Waals surface area contributed by atoms with Gasteiger partial charge in [0.25, 0.3) is 0 Å². The van der Waals surface area contributed by atoms with E-state index in [9.17, 15) is 0 Å². The predicted molar refractivity (Wildman–Crippen MR) is 67.8 cm³/mol. The molecule has 0 unspecified atom stereocenters. The molecule has 2 rings (SSSR count). The highest BCUT2D eigenvalue weighted by atomic mass is 35.5. The Kier molecular flexibility index (Phi) is 3.22. The monoisotopic (exact) mass is 237 g/mol. The van der Waals surface area contributed by atoms with Crippen molar-refractivity contribution in [2.75, 3.05) is 0 Å². The number of halogens is 1. The van der Waals surface area contributed by atoms with E-state index in [0.29, 0.717) is 11.6 Å². The molecular weight excluding hydrogens is 222 g/mol. The molecule has 3 heteroatoms. The van der Waals surface area contributed by atoms with Gasteiger partial charge in [0, 0.05) is 10.9 Å². The fraction of sp³-hybridized carbons (Fsp3) is 0.385. The maximum atomic E-state index is 6.14. The van der Waals surface area contributed by atoms with Crippen molar-refractivity contribution >= 4 is 22.6 Å². The number of nitrogens with two attached hydrogens (primary N) is 1. The highest BCUT2D eigenvalue weighted by Gasteiger charge is 2.16. The molecule has 0 aliphatic heterocycles. The van der Waals surface area contributed by atoms with Crippen molar-refractivity contribution in [2.45, 2.75) is 33.2 Å². The number of hydrogen-bond acceptors (Lipinski definition) is 2. The van der Waals surface area contributed by atoms with E-state index in [1.54, 1.807) is 0 Å². The molecule has 1 aromatic heterocycles. The Morgan fingerprint density at radius 3 is 2.75 bits per heavy atom. The number of fused-ring (bicyclic) bond motifs is 1. The van der Waals surface area contributed by atoms with Gasteiger partial charge < -0.3 is 10.2 Å². The van der Waals surface area contributed by atoms with Crippen LogP contribution < -0.4 is 5.73 Å². The third-order valence-electron chi connectivity index (χ3n) is 2.87. The second-order valence-corrected chi connectivity index (χ2v) is 4.43. The maximum Gasteiger partial charge on any atom is 0.153 e. The molecule has 2 N–H and O–H groups in total. The van der Waals surface area contributed by atoms with Crippen LogP contribution >= 0.6 is 11.6 Å². The van der Waals surface area contributed by atoms with Gasteiger partial charge in [-0.15, -0.1) is 0 Å². The van der Waals surface area contributed by atoms with Crippen LogP contribution in [0.15, 0.2) is 16.5 Å². The van der Waals surface area contributed by atoms with E-state index in [2.05, 4.69) is 13.8 Å². The van der Waals surface area contributed by atoms with Gasteiger partial charge in [0.15, 0.2) is 5.58 Å². The summed E-state index contributed by atoms with van der Waals surface area (Å²) in [6, 6.07) is 3.90. The Bertz CT molecular complexity index is 516. The molecule has 2 aromatic rings. The van der Waals surface area contributed by atoms with E-state index < -0.39 is 0 Å². The van der Waals surface area contributed by atoms with Crippen LogP contribution in [-0.4, -0.2) is 0 Å². The minimum atomic E-state index is 0.430. The summed E-state index contributed by atoms with van der Waals surface area (Å²) >= 11 is 6.14. The van der Waals surface area contributed by atoms with Crippen LogP contribution in [0.1, 0.15) is 30.2 Å². The summed E-state index contributed by atoms with van der Waals surface area (Å²) in [4.78, 5) is 0. The number of benzene rings is 1. The summed E-state index contributed by atoms with van der Waals surface area (Å²) in [5.74, 6) is 0.869. The molecule has 0 aliphatic carbocycles. The largest absolute Gasteiger partial charge is 0.458 e. The normalized spacial score (nSPS) is 11.2. The van der Waals surface area contributed by atoms with Crippen LogP contribution in [-0.2, 0) is 13.0 Å². The van der Waals surface area contributed by atoms with Gasteiger partial charge in [-0.05, 0) is 25.0 Å². The molecule has 0 saturated heterocycles. The zero-order valence-electron chi connectivity index (χ0n) is 9.64. The second-order valence-electron chi connectivity index (χ2n) is 4.03. The first-order chi connectivity index (χ1) is 7.69. The van der Waals surface area contributed by atoms with E-state index in [1.165, 1.54) is 11.1 Å². The highest BCUT2D eigenvalue weighted by molar-refractivity contribution is 6.35. The van der Waals surface area contributed by atoms with Crippen molar-refractivity contribution < 1.29 is 4.42 Å². The molecule has 0 saturated carbocycles. The van der Waals surface area contributed by atoms with Gasteiger partial charge in [-0.25, -0.2) is 0 Å². The first-order valence-electron chi connectivity index (χ1n) is 5.58. The summed E-state index contributed by atoms with van der Waals surface area (Å²) < 4.78 is 5.76. The lowest BCUT2D eigenvalue weighted by molar-refractivity contribution is 0.545. The summed E-state index contributed by atoms with van der Waals surface area (Å²) in [5, 5.41) is 1.81. The summed E-state index contributed by atoms with van der Waals surface area (Å²) in [6.45, 7) is 4.66. The number of hydrogen-bond donors (Lipinski definition) is 1. The van der Waals surface area contributed by atoms with Crippen molar-refractivity contribution in [2.24, 2.45) is 5.73 Å². The summed E-state index contributed by atoms with van der Waals surface area (Å²) in [5.41, 5.74) is 8.91. The minimum absolute atomic E-state index is 0.430. The lowest BCUT2D eigenvalue weighted by Crippen LogP contribution is -1.98. The Labute approximate surface area is 100 Å². The fourth-order valence-electron chi connectivity index (χ4n) is 2.13. The number of furan rings is 1. The van der Waals surface area contributed by atoms with Crippen molar-refractivity contribution in [1.82, 2.24) is 0 Å². The van der Waals surface area contributed by atoms with E-state index in [1.807, 2.05) is 12.1 Å². The summed E-state index contributed by atoms with van der Waals surface area (Å²) in [7, 11) is 0. The van der Waals surface area contributed by atoms with Gasteiger partial charge in [0.1, 0.15) is 5.76 Å². The van der Waals surface area contributed by atoms with Crippen LogP contribution in [0.4, 0.5) is 0 Å². The second kappa shape index (κ2) is 4.48. The van der Waals surface area contributed by atoms with Crippen LogP contribution in [0.3, 0.4) is 0 Å². The molecule has 0 atom stereocenters. The lowest BCUT2D eigenvalue weighted by Gasteiger charge is -2.01. The van der Waals surface area contributed by atoms with Gasteiger partial charge in [-0.1, -0.05) is 31.0 Å². The Hall–Kier alpha value is -0.990. The SMILES string of the molecule is CCCc1c(CN)oc2c(Cl)ccc(C)c12. The maximum absolute atomic E-state index is 6.14. The number of aryl methyl sites for hydroxylation is 2. The molecule has 86 valence electrons. The molecule has 1 aromatic carbocycles. The van der Waals surface area contributed by atoms with Crippen molar-refractivity contribution in [3.63, 3.8) is 0 Å². The zero-order chi connectivity index (χ0) is 11.7. The first-order valence-corrected chi connectivity index (χ1v) is 5.96. The summed E-state index contributed by atoms with van der Waals surface area (Å²) in [6.07, 6.45) is 2.06. The molecule has 16 heavy (non-hydrogen) atoms. The van der Waals surface area contributed by atoms with Crippen molar-refractivity contribution in [3.05, 3.63) is 34.0 Å². The Morgan fingerprint density at radius 2 is 2.12 bits per heavy atom. The highest BCUT2D eigenvalue weighted by Crippen LogP contribution is 2.34. The van der Waals surface area contributed by atoms with Gasteiger partial charge in [0.2, 0.25) is 0 Å². The van der Waals surface area contributed by atoms with E-state index in [4.69, 9.17) is 21.8 Å². The van der Waals surface area contributed by atoms with Crippen molar-refractivity contribution in [1.29, 1.82) is 0 Å². The Balaban J connectivity index is 2.78. The molecule has 0 radical (unpaired) electrons. The Morgan fingerprint density at radius 1 is 1.38 bits per heavy atom. The molecule has 0 amide bonds. The van der Waals surface area contributed by atoms with Crippen LogP contribution in [0.2, 0.25) is 5.02 Å². The molecule has 2 nitrogen and oxygen atoms in total. The van der Waals surface area contributed by atoms with Crippen LogP contribution in [0.25, 0.3) is 11.0 Å². The van der Waals surface area contributed by atoms with E-state index in [0.717, 1.165) is 29.6 Å². The minimum Gasteiger partial charge on any atom is -0.458 e. The predicted octanol–water partition coefficient (Wildman–Crippen LogP) is 3.81. The van der Waals surface area contributed by atoms with Gasteiger partial charge >= 0.3 is 0 Å². The average molecular weight is 238 g/mol. The molecule has 1 heterocycles. The average Bonchev–Trinajstić information content (AvgIpc) is 2.64. The smallest absolute Gasteiger partial charge is 0.153 e.